The molecule has 1 aliphatic rings. The lowest BCUT2D eigenvalue weighted by Gasteiger charge is -2.20. The molecule has 0 spiro atoms. The predicted molar refractivity (Wildman–Crippen MR) is 67.6 cm³/mol. The van der Waals surface area contributed by atoms with Gasteiger partial charge in [0.15, 0.2) is 0 Å². The van der Waals surface area contributed by atoms with Crippen LogP contribution in [0, 0.1) is 0 Å². The van der Waals surface area contributed by atoms with Crippen molar-refractivity contribution < 1.29 is 6.85 Å². The fourth-order valence-electron chi connectivity index (χ4n) is 2.26. The van der Waals surface area contributed by atoms with Gasteiger partial charge in [-0.2, -0.15) is 0 Å². The molecule has 0 radical (unpaired) electrons. The Morgan fingerprint density at radius 1 is 1.44 bits per heavy atom. The van der Waals surface area contributed by atoms with E-state index in [9.17, 15) is 0 Å². The van der Waals surface area contributed by atoms with E-state index in [1.54, 1.807) is 10.8 Å². The maximum absolute atomic E-state index is 8.51. The number of rotatable bonds is 2. The van der Waals surface area contributed by atoms with Crippen molar-refractivity contribution in [3.63, 3.8) is 0 Å². The third-order valence-electron chi connectivity index (χ3n) is 3.14. The first kappa shape index (κ1) is 5.87. The minimum atomic E-state index is -2.25. The van der Waals surface area contributed by atoms with E-state index in [0.29, 0.717) is 19.4 Å². The molecule has 0 aliphatic carbocycles. The van der Waals surface area contributed by atoms with Crippen LogP contribution in [0.15, 0.2) is 36.5 Å². The third kappa shape index (κ3) is 1.63. The normalized spacial score (nSPS) is 28.2. The van der Waals surface area contributed by atoms with E-state index in [1.807, 2.05) is 30.3 Å². The smallest absolute Gasteiger partial charge is 0.0514 e. The van der Waals surface area contributed by atoms with E-state index in [2.05, 4.69) is 0 Å². The van der Waals surface area contributed by atoms with Crippen LogP contribution in [0.5, 0.6) is 0 Å². The summed E-state index contributed by atoms with van der Waals surface area (Å²) in [5, 5.41) is 0.958. The Morgan fingerprint density at radius 3 is 3.31 bits per heavy atom. The molecule has 2 aromatic rings. The van der Waals surface area contributed by atoms with Crippen LogP contribution in [0.3, 0.4) is 0 Å². The molecule has 0 amide bonds. The summed E-state index contributed by atoms with van der Waals surface area (Å²) in [5.74, 6) is 0. The van der Waals surface area contributed by atoms with Crippen molar-refractivity contribution in [2.75, 3.05) is 13.5 Å². The lowest BCUT2D eigenvalue weighted by atomic mass is 10.2. The number of aromatic nitrogens is 1. The van der Waals surface area contributed by atoms with Gasteiger partial charge in [0.25, 0.3) is 0 Å². The molecule has 1 saturated heterocycles. The van der Waals surface area contributed by atoms with Gasteiger partial charge in [-0.25, -0.2) is 0 Å². The highest BCUT2D eigenvalue weighted by molar-refractivity contribution is 5.79. The summed E-state index contributed by atoms with van der Waals surface area (Å²) in [7, 11) is 0. The fraction of sp³-hybridized carbons (Fsp3) is 0.429. The molecule has 1 aromatic heterocycles. The summed E-state index contributed by atoms with van der Waals surface area (Å²) in [4.78, 5) is 1.32. The van der Waals surface area contributed by atoms with E-state index in [0.717, 1.165) is 10.9 Å². The van der Waals surface area contributed by atoms with Gasteiger partial charge in [-0.1, -0.05) is 18.2 Å². The zero-order valence-electron chi connectivity index (χ0n) is 14.1. The highest BCUT2D eigenvalue weighted by Crippen LogP contribution is 2.20. The molecule has 2 nitrogen and oxygen atoms in total. The molecule has 2 heterocycles. The minimum Gasteiger partial charge on any atom is -0.346 e. The maximum atomic E-state index is 8.51. The van der Waals surface area contributed by atoms with Gasteiger partial charge in [-0.05, 0) is 43.9 Å². The fourth-order valence-corrected chi connectivity index (χ4v) is 2.26. The molecule has 1 unspecified atom stereocenters. The van der Waals surface area contributed by atoms with Crippen molar-refractivity contribution in [2.24, 2.45) is 0 Å². The van der Waals surface area contributed by atoms with Gasteiger partial charge in [0.05, 0.1) is 2.74 Å². The van der Waals surface area contributed by atoms with Gasteiger partial charge in [0, 0.05) is 28.4 Å². The number of hydrogen-bond donors (Lipinski definition) is 0. The first-order chi connectivity index (χ1) is 9.82. The molecular weight excluding hydrogens is 196 g/mol. The van der Waals surface area contributed by atoms with Crippen LogP contribution < -0.4 is 0 Å². The topological polar surface area (TPSA) is 8.17 Å². The van der Waals surface area contributed by atoms with E-state index in [1.165, 1.54) is 4.90 Å². The first-order valence-corrected chi connectivity index (χ1v) is 5.65. The lowest BCUT2D eigenvalue weighted by Crippen LogP contribution is -2.28. The van der Waals surface area contributed by atoms with Crippen LogP contribution in [-0.2, 0) is 6.50 Å². The second-order valence-electron chi connectivity index (χ2n) is 4.23. The van der Waals surface area contributed by atoms with E-state index in [-0.39, 0.29) is 0 Å². The quantitative estimate of drug-likeness (QED) is 0.754. The van der Waals surface area contributed by atoms with Crippen molar-refractivity contribution >= 4 is 10.9 Å². The van der Waals surface area contributed by atoms with Crippen molar-refractivity contribution in [3.8, 4) is 0 Å². The Labute approximate surface area is 104 Å². The zero-order chi connectivity index (χ0) is 15.3. The van der Waals surface area contributed by atoms with Crippen molar-refractivity contribution in [1.82, 2.24) is 9.47 Å². The van der Waals surface area contributed by atoms with Crippen LogP contribution in [-0.4, -0.2) is 29.0 Å². The molecule has 3 rings (SSSR count). The Balaban J connectivity index is 2.03. The summed E-state index contributed by atoms with van der Waals surface area (Å²) < 4.78 is 41.4. The maximum Gasteiger partial charge on any atom is 0.0514 e. The van der Waals surface area contributed by atoms with Gasteiger partial charge < -0.3 is 9.47 Å². The van der Waals surface area contributed by atoms with E-state index >= 15 is 0 Å². The molecule has 84 valence electrons. The standard InChI is InChI=1S/C14H18N2/c1-15-9-4-6-13(15)11-16-10-8-12-5-2-3-7-14(12)16/h2-3,5,7-8,10,13H,4,6,9,11H2,1H3/i1D3,11D2. The van der Waals surface area contributed by atoms with Crippen LogP contribution in [0.25, 0.3) is 10.9 Å². The highest BCUT2D eigenvalue weighted by atomic mass is 15.2. The molecule has 0 saturated carbocycles. The zero-order valence-corrected chi connectivity index (χ0v) is 9.06. The molecular formula is C14H18N2. The molecule has 16 heavy (non-hydrogen) atoms. The molecule has 2 heteroatoms. The number of hydrogen-bond acceptors (Lipinski definition) is 1. The Morgan fingerprint density at radius 2 is 2.38 bits per heavy atom. The van der Waals surface area contributed by atoms with Crippen LogP contribution in [0.1, 0.15) is 19.7 Å². The molecule has 1 atom stereocenters. The number of likely N-dealkylation sites (N-methyl/N-ethyl adjacent to an activating group) is 1. The van der Waals surface area contributed by atoms with Crippen LogP contribution in [0.4, 0.5) is 0 Å². The number of nitrogens with zero attached hydrogens (tertiary/aromatic N) is 2. The monoisotopic (exact) mass is 219 g/mol. The Hall–Kier alpha value is -1.28. The summed E-state index contributed by atoms with van der Waals surface area (Å²) >= 11 is 0. The van der Waals surface area contributed by atoms with Crippen molar-refractivity contribution in [2.45, 2.75) is 25.4 Å². The summed E-state index contributed by atoms with van der Waals surface area (Å²) in [6.45, 7) is -3.59. The number of para-hydroxylation sites is 1. The Bertz CT molecular complexity index is 646. The van der Waals surface area contributed by atoms with Crippen LogP contribution >= 0.6 is 0 Å². The molecule has 0 bridgehead atoms. The lowest BCUT2D eigenvalue weighted by molar-refractivity contribution is 0.284. The number of likely N-dealkylation sites (tertiary alicyclic amines) is 1. The van der Waals surface area contributed by atoms with Crippen molar-refractivity contribution in [3.05, 3.63) is 36.5 Å². The van der Waals surface area contributed by atoms with Gasteiger partial charge in [0.2, 0.25) is 0 Å². The molecule has 1 aliphatic heterocycles. The summed E-state index contributed by atoms with van der Waals surface area (Å²) in [5.41, 5.74) is 0.792. The largest absolute Gasteiger partial charge is 0.346 e. The SMILES string of the molecule is [2H]C([2H])([2H])N1CCCC1C([2H])([2H])n1ccc2ccccc21. The van der Waals surface area contributed by atoms with Gasteiger partial charge in [-0.3, -0.25) is 0 Å². The predicted octanol–water partition coefficient (Wildman–Crippen LogP) is 2.74. The van der Waals surface area contributed by atoms with Gasteiger partial charge >= 0.3 is 0 Å². The summed E-state index contributed by atoms with van der Waals surface area (Å²) in [6, 6.07) is 8.79. The van der Waals surface area contributed by atoms with Crippen LogP contribution in [0.2, 0.25) is 0 Å². The average Bonchev–Trinajstić information content (AvgIpc) is 3.05. The third-order valence-corrected chi connectivity index (χ3v) is 3.14. The van der Waals surface area contributed by atoms with Crippen molar-refractivity contribution in [1.29, 1.82) is 0 Å². The molecule has 0 N–H and O–H groups in total. The summed E-state index contributed by atoms with van der Waals surface area (Å²) in [6.07, 6.45) is 2.97. The number of benzene rings is 1. The second kappa shape index (κ2) is 3.95. The minimum absolute atomic E-state index is 0.417. The molecule has 1 aromatic carbocycles. The van der Waals surface area contributed by atoms with Gasteiger partial charge in [0.1, 0.15) is 0 Å². The average molecular weight is 219 g/mol. The molecule has 1 fully saturated rings. The number of fused-ring (bicyclic) bond motifs is 1. The van der Waals surface area contributed by atoms with Gasteiger partial charge in [-0.15, -0.1) is 0 Å². The Kier molecular flexibility index (Phi) is 1.45. The van der Waals surface area contributed by atoms with E-state index < -0.39 is 19.5 Å². The van der Waals surface area contributed by atoms with E-state index in [4.69, 9.17) is 6.85 Å². The second-order valence-corrected chi connectivity index (χ2v) is 4.23. The first-order valence-electron chi connectivity index (χ1n) is 8.15. The highest BCUT2D eigenvalue weighted by Gasteiger charge is 2.21.